The predicted octanol–water partition coefficient (Wildman–Crippen LogP) is 1.45. The van der Waals surface area contributed by atoms with Gasteiger partial charge in [0.25, 0.3) is 0 Å². The first-order valence-corrected chi connectivity index (χ1v) is 7.09. The largest absolute Gasteiger partial charge is 0.465 e. The number of benzene rings is 1. The molecule has 0 aliphatic rings. The summed E-state index contributed by atoms with van der Waals surface area (Å²) in [6.45, 7) is 1.80. The van der Waals surface area contributed by atoms with E-state index < -0.39 is 16.0 Å². The number of ether oxygens (including phenoxy) is 1. The third-order valence-electron chi connectivity index (χ3n) is 2.25. The molecule has 94 valence electrons. The monoisotopic (exact) mass is 321 g/mol. The van der Waals surface area contributed by atoms with E-state index in [0.717, 1.165) is 0 Å². The highest BCUT2D eigenvalue weighted by Crippen LogP contribution is 2.29. The quantitative estimate of drug-likeness (QED) is 0.853. The number of rotatable bonds is 3. The molecule has 5 nitrogen and oxygen atoms in total. The molecule has 0 atom stereocenters. The first-order chi connectivity index (χ1) is 7.82. The smallest absolute Gasteiger partial charge is 0.339 e. The van der Waals surface area contributed by atoms with Crippen LogP contribution in [0.25, 0.3) is 0 Å². The van der Waals surface area contributed by atoms with Gasteiger partial charge in [-0.15, -0.1) is 0 Å². The number of sulfonamides is 1. The topological polar surface area (TPSA) is 86.5 Å². The summed E-state index contributed by atoms with van der Waals surface area (Å²) in [4.78, 5) is 11.4. The lowest BCUT2D eigenvalue weighted by Crippen LogP contribution is -2.17. The molecule has 0 amide bonds. The van der Waals surface area contributed by atoms with Crippen LogP contribution in [0.2, 0.25) is 0 Å². The van der Waals surface area contributed by atoms with Crippen molar-refractivity contribution >= 4 is 31.9 Å². The standard InChI is InChI=1S/C10H12BrNO4S/c1-3-6-4-5-7(10(13)16-2)8(11)9(6)17(12,14)15/h4-5H,3H2,1-2H3,(H2,12,14,15). The van der Waals surface area contributed by atoms with E-state index in [1.165, 1.54) is 13.2 Å². The maximum atomic E-state index is 11.5. The summed E-state index contributed by atoms with van der Waals surface area (Å²) >= 11 is 3.09. The Morgan fingerprint density at radius 3 is 2.47 bits per heavy atom. The Morgan fingerprint density at radius 1 is 1.47 bits per heavy atom. The summed E-state index contributed by atoms with van der Waals surface area (Å²) in [5.41, 5.74) is 0.681. The van der Waals surface area contributed by atoms with Gasteiger partial charge in [-0.05, 0) is 34.0 Å². The average molecular weight is 322 g/mol. The highest BCUT2D eigenvalue weighted by molar-refractivity contribution is 9.10. The van der Waals surface area contributed by atoms with Crippen molar-refractivity contribution in [2.24, 2.45) is 5.14 Å². The normalized spacial score (nSPS) is 11.3. The molecule has 0 aliphatic carbocycles. The van der Waals surface area contributed by atoms with Crippen molar-refractivity contribution in [1.29, 1.82) is 0 Å². The summed E-state index contributed by atoms with van der Waals surface area (Å²) in [5, 5.41) is 5.13. The van der Waals surface area contributed by atoms with E-state index in [-0.39, 0.29) is 14.9 Å². The van der Waals surface area contributed by atoms with Crippen LogP contribution in [0, 0.1) is 0 Å². The van der Waals surface area contributed by atoms with Crippen LogP contribution in [0.1, 0.15) is 22.8 Å². The lowest BCUT2D eigenvalue weighted by molar-refractivity contribution is 0.0599. The van der Waals surface area contributed by atoms with Gasteiger partial charge in [0.1, 0.15) is 0 Å². The van der Waals surface area contributed by atoms with Crippen LogP contribution in [0.5, 0.6) is 0 Å². The zero-order valence-electron chi connectivity index (χ0n) is 9.36. The second-order valence-electron chi connectivity index (χ2n) is 3.31. The number of carbonyl (C=O) groups excluding carboxylic acids is 1. The van der Waals surface area contributed by atoms with Crippen LogP contribution < -0.4 is 5.14 Å². The molecule has 7 heteroatoms. The second kappa shape index (κ2) is 5.16. The molecule has 0 saturated carbocycles. The van der Waals surface area contributed by atoms with Gasteiger partial charge in [0.2, 0.25) is 10.0 Å². The zero-order valence-corrected chi connectivity index (χ0v) is 11.8. The highest BCUT2D eigenvalue weighted by Gasteiger charge is 2.22. The zero-order chi connectivity index (χ0) is 13.2. The number of aryl methyl sites for hydroxylation is 1. The SMILES string of the molecule is CCc1ccc(C(=O)OC)c(Br)c1S(N)(=O)=O. The highest BCUT2D eigenvalue weighted by atomic mass is 79.9. The minimum absolute atomic E-state index is 0.0668. The fraction of sp³-hybridized carbons (Fsp3) is 0.300. The molecule has 0 aromatic heterocycles. The number of primary sulfonamides is 1. The molecular formula is C10H12BrNO4S. The van der Waals surface area contributed by atoms with E-state index in [2.05, 4.69) is 20.7 Å². The molecule has 2 N–H and O–H groups in total. The Balaban J connectivity index is 3.60. The van der Waals surface area contributed by atoms with E-state index in [1.54, 1.807) is 13.0 Å². The first kappa shape index (κ1) is 14.1. The average Bonchev–Trinajstić information content (AvgIpc) is 2.25. The van der Waals surface area contributed by atoms with Crippen molar-refractivity contribution in [2.45, 2.75) is 18.2 Å². The lowest BCUT2D eigenvalue weighted by atomic mass is 10.1. The third-order valence-corrected chi connectivity index (χ3v) is 4.37. The van der Waals surface area contributed by atoms with E-state index in [4.69, 9.17) is 5.14 Å². The Morgan fingerprint density at radius 2 is 2.06 bits per heavy atom. The number of methoxy groups -OCH3 is 1. The molecule has 1 aromatic rings. The van der Waals surface area contributed by atoms with Crippen LogP contribution >= 0.6 is 15.9 Å². The molecule has 0 radical (unpaired) electrons. The van der Waals surface area contributed by atoms with Gasteiger partial charge in [-0.1, -0.05) is 13.0 Å². The number of hydrogen-bond donors (Lipinski definition) is 1. The predicted molar refractivity (Wildman–Crippen MR) is 66.2 cm³/mol. The van der Waals surface area contributed by atoms with Gasteiger partial charge < -0.3 is 4.74 Å². The van der Waals surface area contributed by atoms with E-state index in [9.17, 15) is 13.2 Å². The molecule has 0 spiro atoms. The first-order valence-electron chi connectivity index (χ1n) is 4.75. The molecule has 0 heterocycles. The number of carbonyl (C=O) groups is 1. The van der Waals surface area contributed by atoms with Crippen molar-refractivity contribution in [1.82, 2.24) is 0 Å². The number of nitrogens with two attached hydrogens (primary N) is 1. The van der Waals surface area contributed by atoms with Crippen molar-refractivity contribution in [2.75, 3.05) is 7.11 Å². The van der Waals surface area contributed by atoms with Crippen LogP contribution in [-0.4, -0.2) is 21.5 Å². The van der Waals surface area contributed by atoms with Crippen molar-refractivity contribution in [3.63, 3.8) is 0 Å². The van der Waals surface area contributed by atoms with Gasteiger partial charge in [0.15, 0.2) is 0 Å². The van der Waals surface area contributed by atoms with Gasteiger partial charge in [-0.3, -0.25) is 0 Å². The van der Waals surface area contributed by atoms with Crippen molar-refractivity contribution < 1.29 is 17.9 Å². The van der Waals surface area contributed by atoms with Crippen molar-refractivity contribution in [3.8, 4) is 0 Å². The molecule has 1 rings (SSSR count). The minimum Gasteiger partial charge on any atom is -0.465 e. The molecule has 0 aliphatic heterocycles. The maximum Gasteiger partial charge on any atom is 0.339 e. The van der Waals surface area contributed by atoms with Crippen LogP contribution in [0.15, 0.2) is 21.5 Å². The summed E-state index contributed by atoms with van der Waals surface area (Å²) < 4.78 is 27.7. The van der Waals surface area contributed by atoms with Gasteiger partial charge in [-0.2, -0.15) is 0 Å². The van der Waals surface area contributed by atoms with Crippen molar-refractivity contribution in [3.05, 3.63) is 27.7 Å². The molecule has 0 bridgehead atoms. The Hall–Kier alpha value is -0.920. The molecule has 17 heavy (non-hydrogen) atoms. The van der Waals surface area contributed by atoms with E-state index in [0.29, 0.717) is 12.0 Å². The fourth-order valence-corrected chi connectivity index (χ4v) is 3.61. The summed E-state index contributed by atoms with van der Waals surface area (Å²) in [6.07, 6.45) is 0.492. The molecular weight excluding hydrogens is 310 g/mol. The number of halogens is 1. The van der Waals surface area contributed by atoms with Crippen LogP contribution in [0.4, 0.5) is 0 Å². The molecule has 1 aromatic carbocycles. The molecule has 0 unspecified atom stereocenters. The number of hydrogen-bond acceptors (Lipinski definition) is 4. The Labute approximate surface area is 108 Å². The van der Waals surface area contributed by atoms with Crippen LogP contribution in [-0.2, 0) is 21.2 Å². The van der Waals surface area contributed by atoms with Gasteiger partial charge in [-0.25, -0.2) is 18.4 Å². The fourth-order valence-electron chi connectivity index (χ4n) is 1.45. The van der Waals surface area contributed by atoms with Gasteiger partial charge >= 0.3 is 5.97 Å². The van der Waals surface area contributed by atoms with E-state index >= 15 is 0 Å². The third kappa shape index (κ3) is 2.85. The molecule has 0 saturated heterocycles. The molecule has 0 fully saturated rings. The van der Waals surface area contributed by atoms with Gasteiger partial charge in [0.05, 0.1) is 22.0 Å². The second-order valence-corrected chi connectivity index (χ2v) is 5.60. The van der Waals surface area contributed by atoms with E-state index in [1.807, 2.05) is 0 Å². The summed E-state index contributed by atoms with van der Waals surface area (Å²) in [5.74, 6) is -0.621. The Kier molecular flexibility index (Phi) is 4.29. The summed E-state index contributed by atoms with van der Waals surface area (Å²) in [7, 11) is -2.67. The minimum atomic E-state index is -3.90. The number of esters is 1. The van der Waals surface area contributed by atoms with Crippen LogP contribution in [0.3, 0.4) is 0 Å². The maximum absolute atomic E-state index is 11.5. The summed E-state index contributed by atoms with van der Waals surface area (Å²) in [6, 6.07) is 3.06. The lowest BCUT2D eigenvalue weighted by Gasteiger charge is -2.11. The Bertz CT molecular complexity index is 554. The van der Waals surface area contributed by atoms with Gasteiger partial charge in [0, 0.05) is 0 Å².